The molecule has 0 aliphatic carbocycles. The Kier molecular flexibility index (Phi) is 4.64. The van der Waals surface area contributed by atoms with Gasteiger partial charge in [-0.25, -0.2) is 0 Å². The quantitative estimate of drug-likeness (QED) is 0.422. The molecule has 26 heavy (non-hydrogen) atoms. The molecule has 0 saturated carbocycles. The molecule has 2 aromatic carbocycles. The summed E-state index contributed by atoms with van der Waals surface area (Å²) in [6.07, 6.45) is 0. The van der Waals surface area contributed by atoms with Gasteiger partial charge in [-0.05, 0) is 12.1 Å². The Morgan fingerprint density at radius 2 is 0.962 bits per heavy atom. The van der Waals surface area contributed by atoms with E-state index < -0.39 is 59.4 Å². The van der Waals surface area contributed by atoms with Gasteiger partial charge in [0.15, 0.2) is 0 Å². The summed E-state index contributed by atoms with van der Waals surface area (Å²) in [5, 5.41) is 44.3. The highest BCUT2D eigenvalue weighted by Gasteiger charge is 2.37. The molecule has 0 atom stereocenters. The lowest BCUT2D eigenvalue weighted by Crippen LogP contribution is -2.11. The highest BCUT2D eigenvalue weighted by Crippen LogP contribution is 2.36. The van der Waals surface area contributed by atoms with Crippen molar-refractivity contribution in [2.75, 3.05) is 0 Å². The first-order valence-corrected chi connectivity index (χ1v) is 6.55. The minimum Gasteiger partial charge on any atom is -0.288 e. The monoisotopic (exact) mass is 362 g/mol. The van der Waals surface area contributed by atoms with Gasteiger partial charge in [-0.1, -0.05) is 12.1 Å². The van der Waals surface area contributed by atoms with Crippen molar-refractivity contribution in [2.24, 2.45) is 0 Å². The van der Waals surface area contributed by atoms with E-state index in [4.69, 9.17) is 0 Å². The van der Waals surface area contributed by atoms with Gasteiger partial charge >= 0.3 is 22.7 Å². The van der Waals surface area contributed by atoms with Crippen LogP contribution in [0.1, 0.15) is 15.9 Å². The lowest BCUT2D eigenvalue weighted by Gasteiger charge is -2.04. The molecule has 0 saturated heterocycles. The van der Waals surface area contributed by atoms with Gasteiger partial charge in [-0.15, -0.1) is 0 Å². The summed E-state index contributed by atoms with van der Waals surface area (Å²) in [6.45, 7) is 0. The minimum atomic E-state index is -1.32. The number of rotatable bonds is 6. The number of hydrogen-bond donors (Lipinski definition) is 0. The molecule has 0 radical (unpaired) electrons. The molecule has 0 aliphatic heterocycles. The van der Waals surface area contributed by atoms with Crippen LogP contribution in [0.2, 0.25) is 0 Å². The van der Waals surface area contributed by atoms with Gasteiger partial charge in [0.05, 0.1) is 19.7 Å². The number of nitro benzene ring substituents is 4. The number of nitro groups is 4. The normalized spacial score (nSPS) is 10.2. The Balaban J connectivity index is 2.80. The van der Waals surface area contributed by atoms with Crippen LogP contribution in [0.4, 0.5) is 22.7 Å². The topological polar surface area (TPSA) is 190 Å². The van der Waals surface area contributed by atoms with Crippen molar-refractivity contribution in [1.29, 1.82) is 0 Å². The predicted molar refractivity (Wildman–Crippen MR) is 82.9 cm³/mol. The fourth-order valence-electron chi connectivity index (χ4n) is 2.25. The molecule has 0 amide bonds. The predicted octanol–water partition coefficient (Wildman–Crippen LogP) is 2.55. The SMILES string of the molecule is O=C(c1cccc([N+](=O)[O-])c1[N+](=O)[O-])c1cccc([N+](=O)[O-])c1[N+](=O)[O-]. The standard InChI is InChI=1S/C13H6N4O9/c18-13(7-3-1-5-9(14(19)20)11(7)16(23)24)8-4-2-6-10(15(21)22)12(8)17(25)26/h1-6H. The number of ketones is 1. The number of nitrogens with zero attached hydrogens (tertiary/aromatic N) is 4. The third-order valence-corrected chi connectivity index (χ3v) is 3.28. The largest absolute Gasteiger partial charge is 0.357 e. The maximum absolute atomic E-state index is 12.6. The van der Waals surface area contributed by atoms with E-state index in [0.29, 0.717) is 0 Å². The maximum Gasteiger partial charge on any atom is 0.357 e. The lowest BCUT2D eigenvalue weighted by atomic mass is 9.98. The third-order valence-electron chi connectivity index (χ3n) is 3.28. The van der Waals surface area contributed by atoms with Gasteiger partial charge in [0.25, 0.3) is 0 Å². The first kappa shape index (κ1) is 18.1. The summed E-state index contributed by atoms with van der Waals surface area (Å²) in [6, 6.07) is 5.29. The molecule has 13 nitrogen and oxygen atoms in total. The van der Waals surface area contributed by atoms with Crippen LogP contribution in [0.25, 0.3) is 0 Å². The molecule has 0 heterocycles. The van der Waals surface area contributed by atoms with Crippen LogP contribution < -0.4 is 0 Å². The molecule has 0 bridgehead atoms. The van der Waals surface area contributed by atoms with Crippen molar-refractivity contribution in [3.05, 3.63) is 88.0 Å². The molecule has 0 aromatic heterocycles. The zero-order valence-electron chi connectivity index (χ0n) is 12.4. The molecule has 132 valence electrons. The van der Waals surface area contributed by atoms with E-state index in [-0.39, 0.29) is 0 Å². The minimum absolute atomic E-state index is 0.788. The summed E-state index contributed by atoms with van der Waals surface area (Å²) < 4.78 is 0. The van der Waals surface area contributed by atoms with Crippen molar-refractivity contribution < 1.29 is 24.5 Å². The van der Waals surface area contributed by atoms with E-state index in [1.165, 1.54) is 0 Å². The number of benzene rings is 2. The van der Waals surface area contributed by atoms with Crippen molar-refractivity contribution in [2.45, 2.75) is 0 Å². The van der Waals surface area contributed by atoms with Gasteiger partial charge in [0.2, 0.25) is 5.78 Å². The Hall–Kier alpha value is -4.29. The highest BCUT2D eigenvalue weighted by molar-refractivity contribution is 6.15. The smallest absolute Gasteiger partial charge is 0.288 e. The first-order valence-electron chi connectivity index (χ1n) is 6.55. The second-order valence-corrected chi connectivity index (χ2v) is 4.70. The average Bonchev–Trinajstić information content (AvgIpc) is 2.59. The molecule has 13 heteroatoms. The van der Waals surface area contributed by atoms with Crippen LogP contribution in [0.5, 0.6) is 0 Å². The molecule has 0 unspecified atom stereocenters. The number of carbonyl (C=O) groups excluding carboxylic acids is 1. The molecule has 0 aliphatic rings. The fraction of sp³-hybridized carbons (Fsp3) is 0. The third kappa shape index (κ3) is 3.03. The van der Waals surface area contributed by atoms with Gasteiger partial charge in [-0.2, -0.15) is 0 Å². The van der Waals surface area contributed by atoms with E-state index >= 15 is 0 Å². The molecule has 0 N–H and O–H groups in total. The summed E-state index contributed by atoms with van der Waals surface area (Å²) in [5.41, 5.74) is -5.91. The van der Waals surface area contributed by atoms with E-state index in [0.717, 1.165) is 36.4 Å². The van der Waals surface area contributed by atoms with E-state index in [2.05, 4.69) is 0 Å². The van der Waals surface area contributed by atoms with Gasteiger partial charge < -0.3 is 0 Å². The number of para-hydroxylation sites is 2. The van der Waals surface area contributed by atoms with Crippen molar-refractivity contribution >= 4 is 28.5 Å². The summed E-state index contributed by atoms with van der Waals surface area (Å²) in [5.74, 6) is -1.32. The Labute approximate surface area is 142 Å². The summed E-state index contributed by atoms with van der Waals surface area (Å²) in [7, 11) is 0. The van der Waals surface area contributed by atoms with E-state index in [9.17, 15) is 45.3 Å². The number of hydrogen-bond acceptors (Lipinski definition) is 9. The molecular weight excluding hydrogens is 356 g/mol. The van der Waals surface area contributed by atoms with E-state index in [1.807, 2.05) is 0 Å². The molecule has 2 aromatic rings. The van der Waals surface area contributed by atoms with Gasteiger partial charge in [0.1, 0.15) is 11.1 Å². The molecule has 0 fully saturated rings. The first-order chi connectivity index (χ1) is 12.2. The zero-order valence-corrected chi connectivity index (χ0v) is 12.4. The number of carbonyl (C=O) groups is 1. The van der Waals surface area contributed by atoms with Crippen LogP contribution in [0, 0.1) is 40.5 Å². The van der Waals surface area contributed by atoms with Crippen LogP contribution in [-0.2, 0) is 0 Å². The Morgan fingerprint density at radius 3 is 1.23 bits per heavy atom. The van der Waals surface area contributed by atoms with E-state index in [1.54, 1.807) is 0 Å². The van der Waals surface area contributed by atoms with Crippen LogP contribution in [0.3, 0.4) is 0 Å². The molecular formula is C13H6N4O9. The second-order valence-electron chi connectivity index (χ2n) is 4.70. The lowest BCUT2D eigenvalue weighted by molar-refractivity contribution is -0.423. The van der Waals surface area contributed by atoms with Gasteiger partial charge in [-0.3, -0.25) is 45.3 Å². The maximum atomic E-state index is 12.6. The summed E-state index contributed by atoms with van der Waals surface area (Å²) >= 11 is 0. The molecule has 2 rings (SSSR count). The average molecular weight is 362 g/mol. The van der Waals surface area contributed by atoms with Crippen molar-refractivity contribution in [1.82, 2.24) is 0 Å². The van der Waals surface area contributed by atoms with Crippen LogP contribution in [0.15, 0.2) is 36.4 Å². The summed E-state index contributed by atoms with van der Waals surface area (Å²) in [4.78, 5) is 52.3. The fourth-order valence-corrected chi connectivity index (χ4v) is 2.25. The van der Waals surface area contributed by atoms with Crippen molar-refractivity contribution in [3.63, 3.8) is 0 Å². The molecule has 0 spiro atoms. The van der Waals surface area contributed by atoms with Gasteiger partial charge in [0, 0.05) is 12.1 Å². The van der Waals surface area contributed by atoms with Crippen LogP contribution in [-0.4, -0.2) is 25.5 Å². The van der Waals surface area contributed by atoms with Crippen LogP contribution >= 0.6 is 0 Å². The van der Waals surface area contributed by atoms with Crippen molar-refractivity contribution in [3.8, 4) is 0 Å². The zero-order chi connectivity index (χ0) is 19.6. The Morgan fingerprint density at radius 1 is 0.615 bits per heavy atom. The second kappa shape index (κ2) is 6.68. The Bertz CT molecular complexity index is 908. The highest BCUT2D eigenvalue weighted by atomic mass is 16.6.